The van der Waals surface area contributed by atoms with Crippen molar-refractivity contribution in [2.75, 3.05) is 6.54 Å². The van der Waals surface area contributed by atoms with Crippen LogP contribution in [-0.4, -0.2) is 39.4 Å². The van der Waals surface area contributed by atoms with Crippen molar-refractivity contribution in [3.63, 3.8) is 0 Å². The van der Waals surface area contributed by atoms with Gasteiger partial charge in [0.1, 0.15) is 5.60 Å². The number of aromatic nitrogens is 2. The zero-order valence-electron chi connectivity index (χ0n) is 17.6. The molecule has 1 saturated heterocycles. The summed E-state index contributed by atoms with van der Waals surface area (Å²) in [6, 6.07) is 6.55. The molecule has 3 atom stereocenters. The number of hydrogen-bond donors (Lipinski definition) is 0. The highest BCUT2D eigenvalue weighted by Gasteiger charge is 2.50. The van der Waals surface area contributed by atoms with Crippen molar-refractivity contribution in [3.8, 4) is 11.5 Å². The molecule has 2 bridgehead atoms. The molecule has 0 saturated carbocycles. The first-order valence-electron chi connectivity index (χ1n) is 10.0. The number of carbonyl (C=O) groups excluding carboxylic acids is 1. The highest BCUT2D eigenvalue weighted by molar-refractivity contribution is 5.69. The number of piperidine rings is 1. The molecule has 1 aliphatic heterocycles. The van der Waals surface area contributed by atoms with Crippen LogP contribution < -0.4 is 0 Å². The van der Waals surface area contributed by atoms with E-state index >= 15 is 0 Å². The standard InChI is InChI=1S/C22H29N3O3/c1-13-18-12-15-7-8-16(19-24-23-14(2)27-19)11-17(15)22(13,6)9-10-25(18)20(26)28-21(3,4)5/h7-8,11,13,18H,9-10,12H2,1-6H3/t13-,18-,22-/m1/s1. The summed E-state index contributed by atoms with van der Waals surface area (Å²) >= 11 is 0. The maximum atomic E-state index is 12.8. The van der Waals surface area contributed by atoms with Crippen LogP contribution in [0, 0.1) is 12.8 Å². The van der Waals surface area contributed by atoms with Crippen LogP contribution in [0.4, 0.5) is 4.79 Å². The lowest BCUT2D eigenvalue weighted by atomic mass is 9.59. The molecule has 0 N–H and O–H groups in total. The number of carbonyl (C=O) groups is 1. The summed E-state index contributed by atoms with van der Waals surface area (Å²) < 4.78 is 11.3. The molecule has 1 amide bonds. The Morgan fingerprint density at radius 3 is 2.71 bits per heavy atom. The molecule has 4 rings (SSSR count). The third-order valence-corrected chi connectivity index (χ3v) is 6.41. The van der Waals surface area contributed by atoms with Crippen LogP contribution >= 0.6 is 0 Å². The third-order valence-electron chi connectivity index (χ3n) is 6.41. The van der Waals surface area contributed by atoms with Crippen molar-refractivity contribution >= 4 is 6.09 Å². The minimum absolute atomic E-state index is 0.00182. The van der Waals surface area contributed by atoms with Crippen molar-refractivity contribution in [1.29, 1.82) is 0 Å². The second kappa shape index (κ2) is 6.33. The fraction of sp³-hybridized carbons (Fsp3) is 0.591. The summed E-state index contributed by atoms with van der Waals surface area (Å²) in [4.78, 5) is 14.7. The number of benzene rings is 1. The Balaban J connectivity index is 1.68. The molecule has 0 spiro atoms. The quantitative estimate of drug-likeness (QED) is 0.725. The summed E-state index contributed by atoms with van der Waals surface area (Å²) in [5, 5.41) is 8.12. The van der Waals surface area contributed by atoms with Gasteiger partial charge in [0.2, 0.25) is 11.8 Å². The van der Waals surface area contributed by atoms with E-state index in [1.54, 1.807) is 6.92 Å². The average molecular weight is 383 g/mol. The minimum atomic E-state index is -0.481. The van der Waals surface area contributed by atoms with E-state index < -0.39 is 5.60 Å². The van der Waals surface area contributed by atoms with Crippen molar-refractivity contribution in [3.05, 3.63) is 35.2 Å². The Hall–Kier alpha value is -2.37. The van der Waals surface area contributed by atoms with Gasteiger partial charge in [-0.2, -0.15) is 0 Å². The molecule has 28 heavy (non-hydrogen) atoms. The summed E-state index contributed by atoms with van der Waals surface area (Å²) in [6.07, 6.45) is 1.55. The monoisotopic (exact) mass is 383 g/mol. The predicted molar refractivity (Wildman–Crippen MR) is 106 cm³/mol. The van der Waals surface area contributed by atoms with Gasteiger partial charge in [-0.25, -0.2) is 4.79 Å². The van der Waals surface area contributed by atoms with Gasteiger partial charge in [-0.1, -0.05) is 19.9 Å². The van der Waals surface area contributed by atoms with Gasteiger partial charge in [0, 0.05) is 25.1 Å². The van der Waals surface area contributed by atoms with Crippen LogP contribution in [0.15, 0.2) is 22.6 Å². The van der Waals surface area contributed by atoms with Crippen LogP contribution in [0.1, 0.15) is 58.1 Å². The summed E-state index contributed by atoms with van der Waals surface area (Å²) in [6.45, 7) is 12.8. The number of likely N-dealkylation sites (tertiary alicyclic amines) is 1. The van der Waals surface area contributed by atoms with Gasteiger partial charge in [0.05, 0.1) is 0 Å². The Kier molecular flexibility index (Phi) is 4.28. The van der Waals surface area contributed by atoms with Crippen molar-refractivity contribution in [2.24, 2.45) is 5.92 Å². The minimum Gasteiger partial charge on any atom is -0.444 e. The fourth-order valence-electron chi connectivity index (χ4n) is 4.71. The summed E-state index contributed by atoms with van der Waals surface area (Å²) in [5.74, 6) is 1.46. The number of nitrogens with zero attached hydrogens (tertiary/aromatic N) is 3. The lowest BCUT2D eigenvalue weighted by Crippen LogP contribution is -2.60. The van der Waals surface area contributed by atoms with E-state index in [1.807, 2.05) is 31.7 Å². The third kappa shape index (κ3) is 3.09. The Labute approximate surface area is 166 Å². The van der Waals surface area contributed by atoms with E-state index in [4.69, 9.17) is 9.15 Å². The predicted octanol–water partition coefficient (Wildman–Crippen LogP) is 4.50. The number of fused-ring (bicyclic) bond motifs is 4. The van der Waals surface area contributed by atoms with Gasteiger partial charge in [0.15, 0.2) is 0 Å². The SMILES string of the molecule is Cc1nnc(-c2ccc3c(c2)[C@]2(C)CCN(C(=O)OC(C)(C)C)[C@H](C3)[C@H]2C)o1. The van der Waals surface area contributed by atoms with Gasteiger partial charge in [-0.3, -0.25) is 0 Å². The van der Waals surface area contributed by atoms with Crippen LogP contribution in [0.2, 0.25) is 0 Å². The van der Waals surface area contributed by atoms with E-state index in [2.05, 4.69) is 36.2 Å². The Morgan fingerprint density at radius 2 is 2.07 bits per heavy atom. The second-order valence-corrected chi connectivity index (χ2v) is 9.40. The molecular formula is C22H29N3O3. The maximum Gasteiger partial charge on any atom is 0.410 e. The number of aryl methyl sites for hydroxylation is 1. The van der Waals surface area contributed by atoms with Gasteiger partial charge < -0.3 is 14.1 Å². The highest BCUT2D eigenvalue weighted by atomic mass is 16.6. The second-order valence-electron chi connectivity index (χ2n) is 9.40. The molecule has 0 unspecified atom stereocenters. The topological polar surface area (TPSA) is 68.5 Å². The van der Waals surface area contributed by atoms with Crippen LogP contribution in [0.25, 0.3) is 11.5 Å². The first-order valence-corrected chi connectivity index (χ1v) is 10.0. The highest BCUT2D eigenvalue weighted by Crippen LogP contribution is 2.49. The molecule has 1 aliphatic carbocycles. The largest absolute Gasteiger partial charge is 0.444 e. The molecule has 1 fully saturated rings. The van der Waals surface area contributed by atoms with E-state index in [0.717, 1.165) is 18.4 Å². The van der Waals surface area contributed by atoms with Gasteiger partial charge in [0.25, 0.3) is 0 Å². The van der Waals surface area contributed by atoms with Crippen LogP contribution in [0.3, 0.4) is 0 Å². The first-order chi connectivity index (χ1) is 13.1. The lowest BCUT2D eigenvalue weighted by molar-refractivity contribution is -0.0164. The number of hydrogen-bond acceptors (Lipinski definition) is 5. The van der Waals surface area contributed by atoms with E-state index in [9.17, 15) is 4.79 Å². The molecule has 2 heterocycles. The van der Waals surface area contributed by atoms with Gasteiger partial charge in [-0.15, -0.1) is 10.2 Å². The molecule has 0 radical (unpaired) electrons. The molecular weight excluding hydrogens is 354 g/mol. The van der Waals surface area contributed by atoms with Crippen molar-refractivity contribution < 1.29 is 13.9 Å². The first kappa shape index (κ1) is 19.0. The normalized spacial score (nSPS) is 26.7. The molecule has 1 aromatic heterocycles. The molecule has 6 nitrogen and oxygen atoms in total. The molecule has 150 valence electrons. The zero-order chi connectivity index (χ0) is 20.3. The van der Waals surface area contributed by atoms with E-state index in [0.29, 0.717) is 24.2 Å². The summed E-state index contributed by atoms with van der Waals surface area (Å²) in [5.41, 5.74) is 3.11. The van der Waals surface area contributed by atoms with Crippen LogP contribution in [0.5, 0.6) is 0 Å². The van der Waals surface area contributed by atoms with E-state index in [1.165, 1.54) is 11.1 Å². The Bertz CT molecular complexity index is 914. The van der Waals surface area contributed by atoms with E-state index in [-0.39, 0.29) is 17.6 Å². The number of ether oxygens (including phenoxy) is 1. The summed E-state index contributed by atoms with van der Waals surface area (Å²) in [7, 11) is 0. The number of rotatable bonds is 1. The van der Waals surface area contributed by atoms with Gasteiger partial charge >= 0.3 is 6.09 Å². The van der Waals surface area contributed by atoms with Crippen molar-refractivity contribution in [1.82, 2.24) is 15.1 Å². The van der Waals surface area contributed by atoms with Crippen molar-refractivity contribution in [2.45, 2.75) is 71.4 Å². The lowest BCUT2D eigenvalue weighted by Gasteiger charge is -2.54. The zero-order valence-corrected chi connectivity index (χ0v) is 17.6. The molecule has 2 aliphatic rings. The Morgan fingerprint density at radius 1 is 1.32 bits per heavy atom. The maximum absolute atomic E-state index is 12.8. The number of amides is 1. The smallest absolute Gasteiger partial charge is 0.410 e. The fourth-order valence-corrected chi connectivity index (χ4v) is 4.71. The molecule has 6 heteroatoms. The molecule has 1 aromatic carbocycles. The van der Waals surface area contributed by atoms with Gasteiger partial charge in [-0.05, 0) is 68.2 Å². The van der Waals surface area contributed by atoms with Crippen LogP contribution in [-0.2, 0) is 16.6 Å². The molecule has 2 aromatic rings. The average Bonchev–Trinajstić information content (AvgIpc) is 3.02.